The molecule has 0 spiro atoms. The molecule has 0 fully saturated rings. The number of hydrogen-bond acceptors (Lipinski definition) is 3. The van der Waals surface area contributed by atoms with Crippen LogP contribution in [0.1, 0.15) is 30.0 Å². The normalized spacial score (nSPS) is 12.1. The smallest absolute Gasteiger partial charge is 0.153 e. The van der Waals surface area contributed by atoms with Crippen LogP contribution in [-0.2, 0) is 6.54 Å². The number of aryl methyl sites for hydroxylation is 1. The first-order valence-corrected chi connectivity index (χ1v) is 9.99. The SMILES string of the molecule is Cc1cccc(OCCn2c(C(C)Oc3ccccc3)nc3ccccc32)c1C. The average Bonchev–Trinajstić information content (AvgIpc) is 3.11. The first kappa shape index (κ1) is 19.1. The minimum atomic E-state index is -0.175. The summed E-state index contributed by atoms with van der Waals surface area (Å²) in [6.07, 6.45) is -0.175. The molecule has 1 atom stereocenters. The number of rotatable bonds is 7. The second-order valence-electron chi connectivity index (χ2n) is 7.23. The molecule has 0 aliphatic carbocycles. The lowest BCUT2D eigenvalue weighted by molar-refractivity contribution is 0.207. The number of hydrogen-bond donors (Lipinski definition) is 0. The zero-order chi connectivity index (χ0) is 20.2. The molecule has 1 aromatic heterocycles. The monoisotopic (exact) mass is 386 g/mol. The molecule has 4 nitrogen and oxygen atoms in total. The molecule has 0 radical (unpaired) electrons. The summed E-state index contributed by atoms with van der Waals surface area (Å²) in [4.78, 5) is 4.85. The number of benzene rings is 3. The van der Waals surface area contributed by atoms with Crippen LogP contribution >= 0.6 is 0 Å². The minimum Gasteiger partial charge on any atom is -0.491 e. The molecule has 1 heterocycles. The topological polar surface area (TPSA) is 36.3 Å². The first-order chi connectivity index (χ1) is 14.1. The zero-order valence-corrected chi connectivity index (χ0v) is 17.1. The van der Waals surface area contributed by atoms with Gasteiger partial charge in [0, 0.05) is 0 Å². The lowest BCUT2D eigenvalue weighted by atomic mass is 10.1. The van der Waals surface area contributed by atoms with E-state index in [4.69, 9.17) is 14.5 Å². The summed E-state index contributed by atoms with van der Waals surface area (Å²) in [7, 11) is 0. The standard InChI is InChI=1S/C25H26N2O2/c1-18-10-9-15-24(19(18)2)28-17-16-27-23-14-8-7-13-22(23)26-25(27)20(3)29-21-11-5-4-6-12-21/h4-15,20H,16-17H2,1-3H3. The molecule has 4 heteroatoms. The van der Waals surface area contributed by atoms with Gasteiger partial charge in [0.1, 0.15) is 18.1 Å². The summed E-state index contributed by atoms with van der Waals surface area (Å²) >= 11 is 0. The van der Waals surface area contributed by atoms with E-state index in [0.717, 1.165) is 28.4 Å². The molecular formula is C25H26N2O2. The van der Waals surface area contributed by atoms with Crippen LogP contribution in [-0.4, -0.2) is 16.2 Å². The van der Waals surface area contributed by atoms with E-state index in [-0.39, 0.29) is 6.10 Å². The second kappa shape index (κ2) is 8.39. The maximum absolute atomic E-state index is 6.15. The molecule has 0 saturated carbocycles. The maximum atomic E-state index is 6.15. The Morgan fingerprint density at radius 3 is 2.48 bits per heavy atom. The van der Waals surface area contributed by atoms with Crippen molar-refractivity contribution in [2.45, 2.75) is 33.4 Å². The Bertz CT molecular complexity index is 1100. The Morgan fingerprint density at radius 2 is 1.66 bits per heavy atom. The van der Waals surface area contributed by atoms with Gasteiger partial charge in [-0.1, -0.05) is 42.5 Å². The van der Waals surface area contributed by atoms with Gasteiger partial charge in [-0.15, -0.1) is 0 Å². The molecule has 1 unspecified atom stereocenters. The number of para-hydroxylation sites is 3. The van der Waals surface area contributed by atoms with E-state index in [9.17, 15) is 0 Å². The van der Waals surface area contributed by atoms with Crippen LogP contribution in [0, 0.1) is 13.8 Å². The van der Waals surface area contributed by atoms with Crippen molar-refractivity contribution in [3.8, 4) is 11.5 Å². The van der Waals surface area contributed by atoms with Gasteiger partial charge in [0.2, 0.25) is 0 Å². The van der Waals surface area contributed by atoms with Gasteiger partial charge in [-0.2, -0.15) is 0 Å². The molecule has 0 aliphatic heterocycles. The van der Waals surface area contributed by atoms with Gasteiger partial charge in [-0.3, -0.25) is 0 Å². The summed E-state index contributed by atoms with van der Waals surface area (Å²) in [5.41, 5.74) is 4.48. The minimum absolute atomic E-state index is 0.175. The van der Waals surface area contributed by atoms with Crippen molar-refractivity contribution >= 4 is 11.0 Å². The first-order valence-electron chi connectivity index (χ1n) is 9.99. The van der Waals surface area contributed by atoms with Crippen LogP contribution in [0.15, 0.2) is 72.8 Å². The highest BCUT2D eigenvalue weighted by molar-refractivity contribution is 5.76. The third-order valence-corrected chi connectivity index (χ3v) is 5.23. The second-order valence-corrected chi connectivity index (χ2v) is 7.23. The van der Waals surface area contributed by atoms with Crippen LogP contribution in [0.5, 0.6) is 11.5 Å². The number of aromatic nitrogens is 2. The van der Waals surface area contributed by atoms with Crippen LogP contribution in [0.4, 0.5) is 0 Å². The van der Waals surface area contributed by atoms with Crippen LogP contribution in [0.3, 0.4) is 0 Å². The Hall–Kier alpha value is -3.27. The molecule has 0 aliphatic rings. The molecule has 148 valence electrons. The summed E-state index contributed by atoms with van der Waals surface area (Å²) < 4.78 is 14.5. The molecule has 0 bridgehead atoms. The lowest BCUT2D eigenvalue weighted by Crippen LogP contribution is -2.16. The molecule has 0 amide bonds. The largest absolute Gasteiger partial charge is 0.491 e. The van der Waals surface area contributed by atoms with E-state index in [1.807, 2.05) is 67.6 Å². The number of ether oxygens (including phenoxy) is 2. The van der Waals surface area contributed by atoms with Gasteiger partial charge in [-0.05, 0) is 62.2 Å². The summed E-state index contributed by atoms with van der Waals surface area (Å²) in [5, 5.41) is 0. The lowest BCUT2D eigenvalue weighted by Gasteiger charge is -2.17. The number of fused-ring (bicyclic) bond motifs is 1. The van der Waals surface area contributed by atoms with Crippen molar-refractivity contribution < 1.29 is 9.47 Å². The van der Waals surface area contributed by atoms with Gasteiger partial charge in [0.05, 0.1) is 17.6 Å². The fourth-order valence-electron chi connectivity index (χ4n) is 3.52. The Balaban J connectivity index is 1.57. The third-order valence-electron chi connectivity index (χ3n) is 5.23. The van der Waals surface area contributed by atoms with E-state index < -0.39 is 0 Å². The predicted molar refractivity (Wildman–Crippen MR) is 117 cm³/mol. The molecule has 4 aromatic rings. The van der Waals surface area contributed by atoms with Crippen molar-refractivity contribution in [2.75, 3.05) is 6.61 Å². The predicted octanol–water partition coefficient (Wildman–Crippen LogP) is 5.87. The number of nitrogens with zero attached hydrogens (tertiary/aromatic N) is 2. The molecular weight excluding hydrogens is 360 g/mol. The average molecular weight is 386 g/mol. The fraction of sp³-hybridized carbons (Fsp3) is 0.240. The third kappa shape index (κ3) is 4.11. The van der Waals surface area contributed by atoms with Crippen LogP contribution in [0.25, 0.3) is 11.0 Å². The number of imidazole rings is 1. The Morgan fingerprint density at radius 1 is 0.897 bits per heavy atom. The highest BCUT2D eigenvalue weighted by atomic mass is 16.5. The van der Waals surface area contributed by atoms with E-state index in [0.29, 0.717) is 13.2 Å². The van der Waals surface area contributed by atoms with Crippen LogP contribution in [0.2, 0.25) is 0 Å². The van der Waals surface area contributed by atoms with Crippen molar-refractivity contribution in [1.29, 1.82) is 0 Å². The highest BCUT2D eigenvalue weighted by Gasteiger charge is 2.18. The Kier molecular flexibility index (Phi) is 5.52. The zero-order valence-electron chi connectivity index (χ0n) is 17.1. The van der Waals surface area contributed by atoms with Gasteiger partial charge in [0.25, 0.3) is 0 Å². The molecule has 0 saturated heterocycles. The van der Waals surface area contributed by atoms with Crippen molar-refractivity contribution in [3.05, 3.63) is 89.7 Å². The quantitative estimate of drug-likeness (QED) is 0.398. The van der Waals surface area contributed by atoms with Gasteiger partial charge in [0.15, 0.2) is 11.9 Å². The molecule has 4 rings (SSSR count). The molecule has 3 aromatic carbocycles. The van der Waals surface area contributed by atoms with Gasteiger partial charge in [-0.25, -0.2) is 4.98 Å². The van der Waals surface area contributed by atoms with E-state index >= 15 is 0 Å². The summed E-state index contributed by atoms with van der Waals surface area (Å²) in [6.45, 7) is 7.50. The maximum Gasteiger partial charge on any atom is 0.153 e. The fourth-order valence-corrected chi connectivity index (χ4v) is 3.52. The summed E-state index contributed by atoms with van der Waals surface area (Å²) in [5.74, 6) is 2.68. The van der Waals surface area contributed by atoms with Crippen LogP contribution < -0.4 is 9.47 Å². The Labute approximate surface area is 171 Å². The van der Waals surface area contributed by atoms with E-state index in [1.54, 1.807) is 0 Å². The van der Waals surface area contributed by atoms with Gasteiger partial charge >= 0.3 is 0 Å². The van der Waals surface area contributed by atoms with Gasteiger partial charge < -0.3 is 14.0 Å². The van der Waals surface area contributed by atoms with Crippen molar-refractivity contribution in [1.82, 2.24) is 9.55 Å². The van der Waals surface area contributed by atoms with Crippen molar-refractivity contribution in [2.24, 2.45) is 0 Å². The molecule has 29 heavy (non-hydrogen) atoms. The van der Waals surface area contributed by atoms with E-state index in [1.165, 1.54) is 11.1 Å². The molecule has 0 N–H and O–H groups in total. The summed E-state index contributed by atoms with van der Waals surface area (Å²) in [6, 6.07) is 24.2. The highest BCUT2D eigenvalue weighted by Crippen LogP contribution is 2.26. The van der Waals surface area contributed by atoms with Crippen molar-refractivity contribution in [3.63, 3.8) is 0 Å². The van der Waals surface area contributed by atoms with E-state index in [2.05, 4.69) is 30.5 Å².